The van der Waals surface area contributed by atoms with Gasteiger partial charge in [-0.2, -0.15) is 26.3 Å². The summed E-state index contributed by atoms with van der Waals surface area (Å²) < 4.78 is 79.6. The Morgan fingerprint density at radius 1 is 0.966 bits per heavy atom. The summed E-state index contributed by atoms with van der Waals surface area (Å²) in [5.74, 6) is 0.152. The van der Waals surface area contributed by atoms with Crippen molar-refractivity contribution in [2.75, 3.05) is 6.61 Å². The molecule has 1 atom stereocenters. The fourth-order valence-corrected chi connectivity index (χ4v) is 2.61. The fraction of sp³-hybridized carbons (Fsp3) is 0.211. The Morgan fingerprint density at radius 3 is 2.14 bits per heavy atom. The van der Waals surface area contributed by atoms with Gasteiger partial charge >= 0.3 is 18.4 Å². The van der Waals surface area contributed by atoms with Crippen LogP contribution in [0.1, 0.15) is 22.7 Å². The molecule has 0 fully saturated rings. The summed E-state index contributed by atoms with van der Waals surface area (Å²) in [5, 5.41) is 0.552. The molecule has 0 saturated heterocycles. The van der Waals surface area contributed by atoms with Gasteiger partial charge in [-0.25, -0.2) is 4.79 Å². The van der Waals surface area contributed by atoms with Crippen LogP contribution in [-0.4, -0.2) is 23.9 Å². The molecule has 3 rings (SSSR count). The van der Waals surface area contributed by atoms with Gasteiger partial charge in [0.2, 0.25) is 0 Å². The van der Waals surface area contributed by atoms with Gasteiger partial charge in [0.1, 0.15) is 6.04 Å². The quantitative estimate of drug-likeness (QED) is 0.599. The zero-order chi connectivity index (χ0) is 21.2. The van der Waals surface area contributed by atoms with Crippen LogP contribution in [0, 0.1) is 0 Å². The van der Waals surface area contributed by atoms with Crippen LogP contribution in [0.25, 0.3) is 5.76 Å². The second-order valence-corrected chi connectivity index (χ2v) is 6.05. The molecular weight excluding hydrogens is 404 g/mol. The van der Waals surface area contributed by atoms with Crippen LogP contribution in [-0.2, 0) is 15.8 Å². The van der Waals surface area contributed by atoms with Crippen LogP contribution in [0.4, 0.5) is 31.1 Å². The summed E-state index contributed by atoms with van der Waals surface area (Å²) in [6, 6.07) is 11.1. The van der Waals surface area contributed by atoms with Crippen molar-refractivity contribution in [3.63, 3.8) is 0 Å². The topological polar surface area (TPSA) is 38.8 Å². The van der Waals surface area contributed by atoms with E-state index in [1.165, 1.54) is 6.08 Å². The number of carbonyl (C=O) groups is 1. The maximum absolute atomic E-state index is 12.8. The Balaban J connectivity index is 1.89. The molecule has 0 aromatic heterocycles. The number of benzene rings is 2. The first kappa shape index (κ1) is 20.6. The zero-order valence-electron chi connectivity index (χ0n) is 14.5. The maximum Gasteiger partial charge on any atom is 0.444 e. The first-order chi connectivity index (χ1) is 13.5. The molecule has 10 heteroatoms. The number of carbonyl (C=O) groups excluding carboxylic acids is 1. The van der Waals surface area contributed by atoms with E-state index in [4.69, 9.17) is 4.84 Å². The highest BCUT2D eigenvalue weighted by Crippen LogP contribution is 2.38. The van der Waals surface area contributed by atoms with Crippen molar-refractivity contribution in [1.82, 2.24) is 5.06 Å². The van der Waals surface area contributed by atoms with Crippen molar-refractivity contribution in [1.29, 1.82) is 0 Å². The highest BCUT2D eigenvalue weighted by atomic mass is 19.4. The Kier molecular flexibility index (Phi) is 5.45. The largest absolute Gasteiger partial charge is 0.444 e. The molecule has 0 radical (unpaired) electrons. The Labute approximate surface area is 160 Å². The van der Waals surface area contributed by atoms with Gasteiger partial charge in [-0.3, -0.25) is 0 Å². The number of alkyl halides is 6. The number of ether oxygens (including phenoxy) is 1. The predicted molar refractivity (Wildman–Crippen MR) is 88.9 cm³/mol. The summed E-state index contributed by atoms with van der Waals surface area (Å²) in [5.41, 5.74) is -0.179. The number of hydrogen-bond acceptors (Lipinski definition) is 3. The van der Waals surface area contributed by atoms with Gasteiger partial charge < -0.3 is 9.57 Å². The fourth-order valence-electron chi connectivity index (χ4n) is 2.61. The monoisotopic (exact) mass is 417 g/mol. The summed E-state index contributed by atoms with van der Waals surface area (Å²) in [6.45, 7) is -1.83. The SMILES string of the molecule is O=C(OCC(F)(F)F)N1OC(c2ccccc2)=CC1c1ccc(C(F)(F)F)cc1. The van der Waals surface area contributed by atoms with Crippen LogP contribution in [0.2, 0.25) is 0 Å². The second kappa shape index (κ2) is 7.69. The number of nitrogens with zero attached hydrogens (tertiary/aromatic N) is 1. The molecule has 1 aliphatic rings. The highest BCUT2D eigenvalue weighted by molar-refractivity contribution is 5.72. The number of halogens is 6. The normalized spacial score (nSPS) is 17.0. The van der Waals surface area contributed by atoms with Crippen LogP contribution in [0.15, 0.2) is 60.7 Å². The molecule has 0 aliphatic carbocycles. The van der Waals surface area contributed by atoms with Crippen molar-refractivity contribution in [2.45, 2.75) is 18.4 Å². The molecule has 0 N–H and O–H groups in total. The number of hydroxylamine groups is 2. The maximum atomic E-state index is 12.8. The van der Waals surface area contributed by atoms with Gasteiger partial charge in [-0.05, 0) is 23.8 Å². The van der Waals surface area contributed by atoms with Crippen molar-refractivity contribution in [2.24, 2.45) is 0 Å². The third-order valence-corrected chi connectivity index (χ3v) is 3.94. The molecule has 29 heavy (non-hydrogen) atoms. The zero-order valence-corrected chi connectivity index (χ0v) is 14.5. The Morgan fingerprint density at radius 2 is 1.59 bits per heavy atom. The molecule has 1 amide bonds. The van der Waals surface area contributed by atoms with Crippen molar-refractivity contribution in [3.8, 4) is 0 Å². The first-order valence-corrected chi connectivity index (χ1v) is 8.20. The molecule has 4 nitrogen and oxygen atoms in total. The lowest BCUT2D eigenvalue weighted by Gasteiger charge is -2.23. The van der Waals surface area contributed by atoms with Gasteiger partial charge in [0.25, 0.3) is 0 Å². The number of rotatable bonds is 3. The summed E-state index contributed by atoms with van der Waals surface area (Å²) >= 11 is 0. The van der Waals surface area contributed by atoms with E-state index in [1.54, 1.807) is 30.3 Å². The first-order valence-electron chi connectivity index (χ1n) is 8.20. The summed E-state index contributed by atoms with van der Waals surface area (Å²) in [7, 11) is 0. The molecule has 1 unspecified atom stereocenters. The number of hydrogen-bond donors (Lipinski definition) is 0. The lowest BCUT2D eigenvalue weighted by molar-refractivity contribution is -0.171. The standard InChI is InChI=1S/C19H13F6NO3/c20-18(21,22)11-28-17(27)26-15(10-16(29-26)13-4-2-1-3-5-13)12-6-8-14(9-7-12)19(23,24)25/h1-10,15H,11H2. The molecule has 2 aromatic rings. The van der Waals surface area contributed by atoms with Crippen molar-refractivity contribution >= 4 is 11.9 Å². The van der Waals surface area contributed by atoms with E-state index in [-0.39, 0.29) is 11.3 Å². The average Bonchev–Trinajstić information content (AvgIpc) is 3.11. The highest BCUT2D eigenvalue weighted by Gasteiger charge is 2.38. The second-order valence-electron chi connectivity index (χ2n) is 6.05. The Hall–Kier alpha value is -3.17. The van der Waals surface area contributed by atoms with E-state index in [9.17, 15) is 31.1 Å². The third kappa shape index (κ3) is 5.01. The smallest absolute Gasteiger partial charge is 0.438 e. The van der Waals surface area contributed by atoms with Gasteiger partial charge in [0.15, 0.2) is 12.4 Å². The molecule has 0 bridgehead atoms. The third-order valence-electron chi connectivity index (χ3n) is 3.94. The molecule has 0 spiro atoms. The van der Waals surface area contributed by atoms with Crippen LogP contribution in [0.3, 0.4) is 0 Å². The summed E-state index contributed by atoms with van der Waals surface area (Å²) in [4.78, 5) is 17.5. The molecule has 1 heterocycles. The van der Waals surface area contributed by atoms with Gasteiger partial charge in [-0.15, -0.1) is 5.06 Å². The van der Waals surface area contributed by atoms with Crippen LogP contribution >= 0.6 is 0 Å². The summed E-state index contributed by atoms with van der Waals surface area (Å²) in [6.07, 6.45) is -9.31. The average molecular weight is 417 g/mol. The van der Waals surface area contributed by atoms with Crippen LogP contribution < -0.4 is 0 Å². The minimum atomic E-state index is -4.74. The lowest BCUT2D eigenvalue weighted by atomic mass is 10.0. The molecular formula is C19H13F6NO3. The van der Waals surface area contributed by atoms with Gasteiger partial charge in [0.05, 0.1) is 5.56 Å². The van der Waals surface area contributed by atoms with Crippen molar-refractivity contribution in [3.05, 3.63) is 77.4 Å². The van der Waals surface area contributed by atoms with Crippen LogP contribution in [0.5, 0.6) is 0 Å². The van der Waals surface area contributed by atoms with E-state index in [1.807, 2.05) is 0 Å². The molecule has 0 saturated carbocycles. The van der Waals surface area contributed by atoms with Gasteiger partial charge in [-0.1, -0.05) is 42.5 Å². The molecule has 154 valence electrons. The van der Waals surface area contributed by atoms with E-state index in [0.717, 1.165) is 24.3 Å². The van der Waals surface area contributed by atoms with E-state index < -0.39 is 36.7 Å². The predicted octanol–water partition coefficient (Wildman–Crippen LogP) is 5.73. The Bertz CT molecular complexity index is 891. The van der Waals surface area contributed by atoms with E-state index >= 15 is 0 Å². The minimum Gasteiger partial charge on any atom is -0.438 e. The van der Waals surface area contributed by atoms with E-state index in [2.05, 4.69) is 4.74 Å². The molecule has 2 aromatic carbocycles. The van der Waals surface area contributed by atoms with Gasteiger partial charge in [0, 0.05) is 5.56 Å². The van der Waals surface area contributed by atoms with E-state index in [0.29, 0.717) is 10.6 Å². The molecule has 1 aliphatic heterocycles. The van der Waals surface area contributed by atoms with Crippen molar-refractivity contribution < 1.29 is 40.7 Å². The lowest BCUT2D eigenvalue weighted by Crippen LogP contribution is -2.33. The number of amides is 1. The minimum absolute atomic E-state index is 0.152.